The Balaban J connectivity index is 1.73. The van der Waals surface area contributed by atoms with Gasteiger partial charge in [0.1, 0.15) is 17.2 Å². The van der Waals surface area contributed by atoms with Crippen molar-refractivity contribution in [1.82, 2.24) is 24.9 Å². The normalized spacial score (nSPS) is 14.7. The molecule has 1 aliphatic rings. The largest absolute Gasteiger partial charge is 0.353 e. The molecule has 7 heteroatoms. The maximum absolute atomic E-state index is 4.99. The maximum atomic E-state index is 4.99. The third-order valence-electron chi connectivity index (χ3n) is 5.05. The highest BCUT2D eigenvalue weighted by Crippen LogP contribution is 2.36. The van der Waals surface area contributed by atoms with Crippen molar-refractivity contribution in [2.24, 2.45) is 0 Å². The van der Waals surface area contributed by atoms with Gasteiger partial charge >= 0.3 is 0 Å². The summed E-state index contributed by atoms with van der Waals surface area (Å²) in [5.74, 6) is 0.993. The molecule has 1 N–H and O–H groups in total. The highest BCUT2D eigenvalue weighted by atomic mass is 32.1. The van der Waals surface area contributed by atoms with E-state index in [2.05, 4.69) is 52.5 Å². The van der Waals surface area contributed by atoms with Crippen molar-refractivity contribution in [2.75, 3.05) is 31.1 Å². The summed E-state index contributed by atoms with van der Waals surface area (Å²) >= 11 is 1.76. The molecule has 5 heterocycles. The fourth-order valence-corrected chi connectivity index (χ4v) is 4.53. The fourth-order valence-electron chi connectivity index (χ4n) is 3.67. The van der Waals surface area contributed by atoms with Crippen LogP contribution in [0, 0.1) is 13.8 Å². The summed E-state index contributed by atoms with van der Waals surface area (Å²) < 4.78 is 2.00. The third kappa shape index (κ3) is 3.06. The molecule has 142 valence electrons. The minimum absolute atomic E-state index is 0.865. The lowest BCUT2D eigenvalue weighted by Crippen LogP contribution is -2.44. The van der Waals surface area contributed by atoms with Crippen molar-refractivity contribution in [2.45, 2.75) is 13.8 Å². The zero-order chi connectivity index (χ0) is 19.1. The summed E-state index contributed by atoms with van der Waals surface area (Å²) in [4.78, 5) is 14.1. The molecule has 6 nitrogen and oxygen atoms in total. The minimum Gasteiger partial charge on any atom is -0.353 e. The molecule has 4 aromatic heterocycles. The van der Waals surface area contributed by atoms with Gasteiger partial charge < -0.3 is 10.2 Å². The third-order valence-corrected chi connectivity index (χ3v) is 6.06. The van der Waals surface area contributed by atoms with Crippen LogP contribution in [0.5, 0.6) is 0 Å². The van der Waals surface area contributed by atoms with Gasteiger partial charge in [0.2, 0.25) is 0 Å². The number of aromatic nitrogens is 4. The van der Waals surface area contributed by atoms with E-state index in [-0.39, 0.29) is 0 Å². The van der Waals surface area contributed by atoms with Crippen LogP contribution in [-0.2, 0) is 0 Å². The fraction of sp³-hybridized carbons (Fsp3) is 0.286. The van der Waals surface area contributed by atoms with Crippen molar-refractivity contribution < 1.29 is 0 Å². The Hall–Kier alpha value is -2.77. The molecule has 1 fully saturated rings. The van der Waals surface area contributed by atoms with E-state index in [0.717, 1.165) is 65.2 Å². The van der Waals surface area contributed by atoms with Crippen molar-refractivity contribution in [3.63, 3.8) is 0 Å². The van der Waals surface area contributed by atoms with Gasteiger partial charge in [-0.25, -0.2) is 9.50 Å². The number of anilines is 1. The van der Waals surface area contributed by atoms with E-state index in [4.69, 9.17) is 10.1 Å². The van der Waals surface area contributed by atoms with Gasteiger partial charge in [-0.05, 0) is 50.2 Å². The zero-order valence-corrected chi connectivity index (χ0v) is 16.8. The number of nitrogens with one attached hydrogen (secondary N) is 1. The SMILES string of the molecule is Cc1cc(-c2c(-c3ccc(C)s3)nc3ccc(N4CCNCC4)nn23)ccn1. The van der Waals surface area contributed by atoms with Gasteiger partial charge in [-0.15, -0.1) is 16.4 Å². The van der Waals surface area contributed by atoms with E-state index < -0.39 is 0 Å². The van der Waals surface area contributed by atoms with Crippen LogP contribution in [0.3, 0.4) is 0 Å². The molecule has 0 saturated carbocycles. The summed E-state index contributed by atoms with van der Waals surface area (Å²) in [7, 11) is 0. The number of nitrogens with zero attached hydrogens (tertiary/aromatic N) is 5. The second kappa shape index (κ2) is 7.00. The predicted octanol–water partition coefficient (Wildman–Crippen LogP) is 3.55. The number of hydrogen-bond donors (Lipinski definition) is 1. The van der Waals surface area contributed by atoms with Gasteiger partial charge in [0.25, 0.3) is 0 Å². The molecule has 1 saturated heterocycles. The summed E-state index contributed by atoms with van der Waals surface area (Å²) in [6.07, 6.45) is 1.85. The molecule has 0 radical (unpaired) electrons. The summed E-state index contributed by atoms with van der Waals surface area (Å²) in [6, 6.07) is 12.6. The summed E-state index contributed by atoms with van der Waals surface area (Å²) in [5, 5.41) is 8.39. The standard InChI is InChI=1S/C21H22N6S/c1-14-13-16(7-8-23-14)21-20(17-4-3-15(2)28-17)24-18-5-6-19(25-27(18)21)26-11-9-22-10-12-26/h3-8,13,22H,9-12H2,1-2H3. The zero-order valence-electron chi connectivity index (χ0n) is 16.0. The lowest BCUT2D eigenvalue weighted by molar-refractivity contribution is 0.582. The van der Waals surface area contributed by atoms with E-state index >= 15 is 0 Å². The molecule has 0 amide bonds. The van der Waals surface area contributed by atoms with Crippen molar-refractivity contribution in [1.29, 1.82) is 0 Å². The number of thiophene rings is 1. The monoisotopic (exact) mass is 390 g/mol. The van der Waals surface area contributed by atoms with E-state index in [1.807, 2.05) is 23.7 Å². The first kappa shape index (κ1) is 17.3. The molecule has 0 aromatic carbocycles. The van der Waals surface area contributed by atoms with Gasteiger partial charge in [-0.3, -0.25) is 4.98 Å². The Morgan fingerprint density at radius 2 is 1.89 bits per heavy atom. The molecule has 0 aliphatic carbocycles. The lowest BCUT2D eigenvalue weighted by Gasteiger charge is -2.28. The highest BCUT2D eigenvalue weighted by Gasteiger charge is 2.20. The highest BCUT2D eigenvalue weighted by molar-refractivity contribution is 7.15. The van der Waals surface area contributed by atoms with Crippen LogP contribution in [0.4, 0.5) is 5.82 Å². The summed E-state index contributed by atoms with van der Waals surface area (Å²) in [5.41, 5.74) is 4.95. The second-order valence-corrected chi connectivity index (χ2v) is 8.39. The minimum atomic E-state index is 0.865. The number of pyridine rings is 1. The van der Waals surface area contributed by atoms with Crippen LogP contribution in [0.1, 0.15) is 10.6 Å². The summed E-state index contributed by atoms with van der Waals surface area (Å²) in [6.45, 7) is 8.05. The second-order valence-electron chi connectivity index (χ2n) is 7.10. The molecule has 4 aromatic rings. The van der Waals surface area contributed by atoms with E-state index in [1.54, 1.807) is 11.3 Å². The van der Waals surface area contributed by atoms with Gasteiger partial charge in [0.15, 0.2) is 5.65 Å². The van der Waals surface area contributed by atoms with Crippen molar-refractivity contribution >= 4 is 22.8 Å². The Morgan fingerprint density at radius 3 is 2.64 bits per heavy atom. The van der Waals surface area contributed by atoms with Crippen LogP contribution in [0.15, 0.2) is 42.6 Å². The first-order valence-corrected chi connectivity index (χ1v) is 10.4. The topological polar surface area (TPSA) is 58.4 Å². The van der Waals surface area contributed by atoms with Crippen LogP contribution in [0.25, 0.3) is 27.5 Å². The van der Waals surface area contributed by atoms with Gasteiger partial charge in [0.05, 0.1) is 4.88 Å². The number of hydrogen-bond acceptors (Lipinski definition) is 6. The average Bonchev–Trinajstić information content (AvgIpc) is 3.31. The molecule has 5 rings (SSSR count). The molecular weight excluding hydrogens is 368 g/mol. The average molecular weight is 391 g/mol. The van der Waals surface area contributed by atoms with Gasteiger partial charge in [-0.2, -0.15) is 0 Å². The van der Waals surface area contributed by atoms with Crippen LogP contribution in [-0.4, -0.2) is 45.8 Å². The smallest absolute Gasteiger partial charge is 0.155 e. The van der Waals surface area contributed by atoms with Crippen LogP contribution < -0.4 is 10.2 Å². The number of rotatable bonds is 3. The van der Waals surface area contributed by atoms with E-state index in [0.29, 0.717) is 0 Å². The Morgan fingerprint density at radius 1 is 1.04 bits per heavy atom. The van der Waals surface area contributed by atoms with Crippen LogP contribution >= 0.6 is 11.3 Å². The van der Waals surface area contributed by atoms with Crippen molar-refractivity contribution in [3.05, 3.63) is 53.2 Å². The van der Waals surface area contributed by atoms with E-state index in [1.165, 1.54) is 4.88 Å². The Bertz CT molecular complexity index is 1140. The molecule has 0 unspecified atom stereocenters. The van der Waals surface area contributed by atoms with E-state index in [9.17, 15) is 0 Å². The van der Waals surface area contributed by atoms with Gasteiger partial charge in [-0.1, -0.05) is 0 Å². The van der Waals surface area contributed by atoms with Crippen LogP contribution in [0.2, 0.25) is 0 Å². The number of fused-ring (bicyclic) bond motifs is 1. The lowest BCUT2D eigenvalue weighted by atomic mass is 10.1. The molecule has 0 bridgehead atoms. The molecule has 1 aliphatic heterocycles. The van der Waals surface area contributed by atoms with Gasteiger partial charge in [0, 0.05) is 48.5 Å². The maximum Gasteiger partial charge on any atom is 0.155 e. The Labute approximate surface area is 167 Å². The predicted molar refractivity (Wildman–Crippen MR) is 114 cm³/mol. The first-order valence-electron chi connectivity index (χ1n) is 9.54. The number of aryl methyl sites for hydroxylation is 2. The molecule has 0 spiro atoms. The van der Waals surface area contributed by atoms with Crippen molar-refractivity contribution in [3.8, 4) is 21.8 Å². The molecule has 28 heavy (non-hydrogen) atoms. The molecular formula is C21H22N6S. The number of imidazole rings is 1. The Kier molecular flexibility index (Phi) is 4.33. The number of piperazine rings is 1. The molecule has 0 atom stereocenters. The first-order chi connectivity index (χ1) is 13.7. The quantitative estimate of drug-likeness (QED) is 0.580.